The van der Waals surface area contributed by atoms with E-state index in [1.807, 2.05) is 46.0 Å². The van der Waals surface area contributed by atoms with E-state index in [0.717, 1.165) is 24.3 Å². The number of methoxy groups -OCH3 is 1. The zero-order valence-electron chi connectivity index (χ0n) is 13.6. The third-order valence-electron chi connectivity index (χ3n) is 4.11. The topological polar surface area (TPSA) is 60.8 Å². The third-order valence-corrected chi connectivity index (χ3v) is 4.11. The first-order chi connectivity index (χ1) is 11.7. The van der Waals surface area contributed by atoms with Crippen molar-refractivity contribution in [3.63, 3.8) is 0 Å². The minimum Gasteiger partial charge on any atom is -0.465 e. The average Bonchev–Trinajstić information content (AvgIpc) is 3.03. The summed E-state index contributed by atoms with van der Waals surface area (Å²) < 4.78 is 12.1. The fourth-order valence-corrected chi connectivity index (χ4v) is 2.83. The van der Waals surface area contributed by atoms with E-state index in [-0.39, 0.29) is 25.1 Å². The number of hydrogen-bond acceptors (Lipinski definition) is 5. The van der Waals surface area contributed by atoms with Gasteiger partial charge in [0, 0.05) is 31.5 Å². The molecule has 24 heavy (non-hydrogen) atoms. The summed E-state index contributed by atoms with van der Waals surface area (Å²) in [5, 5.41) is 0. The highest BCUT2D eigenvalue weighted by Gasteiger charge is 2.24. The number of aromatic nitrogens is 1. The molecule has 2 aromatic rings. The van der Waals surface area contributed by atoms with Gasteiger partial charge in [-0.05, 0) is 11.6 Å². The van der Waals surface area contributed by atoms with Crippen LogP contribution in [-0.2, 0) is 34.0 Å². The number of hydrogen-bond donors (Lipinski definition) is 0. The molecule has 0 amide bonds. The highest BCUT2D eigenvalue weighted by atomic mass is 16.5. The number of carbonyl (C=O) groups excluding carboxylic acids is 2. The second-order valence-corrected chi connectivity index (χ2v) is 5.72. The van der Waals surface area contributed by atoms with E-state index in [1.165, 1.54) is 7.11 Å². The molecule has 6 nitrogen and oxygen atoms in total. The van der Waals surface area contributed by atoms with Gasteiger partial charge in [0.25, 0.3) is 0 Å². The maximum absolute atomic E-state index is 12.0. The van der Waals surface area contributed by atoms with Crippen LogP contribution in [0, 0.1) is 0 Å². The lowest BCUT2D eigenvalue weighted by Gasteiger charge is -2.28. The molecule has 1 aliphatic heterocycles. The molecule has 0 spiro atoms. The first-order valence-corrected chi connectivity index (χ1v) is 7.85. The van der Waals surface area contributed by atoms with Gasteiger partial charge in [0.1, 0.15) is 6.61 Å². The maximum atomic E-state index is 12.0. The van der Waals surface area contributed by atoms with E-state index in [0.29, 0.717) is 12.1 Å². The predicted octanol–water partition coefficient (Wildman–Crippen LogP) is 1.83. The van der Waals surface area contributed by atoms with Crippen LogP contribution < -0.4 is 0 Å². The van der Waals surface area contributed by atoms with Crippen LogP contribution in [0.5, 0.6) is 0 Å². The summed E-state index contributed by atoms with van der Waals surface area (Å²) in [6, 6.07) is 11.4. The highest BCUT2D eigenvalue weighted by Crippen LogP contribution is 2.19. The van der Waals surface area contributed by atoms with E-state index in [4.69, 9.17) is 9.47 Å². The Hall–Kier alpha value is -2.60. The van der Waals surface area contributed by atoms with E-state index in [9.17, 15) is 9.59 Å². The minimum atomic E-state index is -0.350. The smallest absolute Gasteiger partial charge is 0.339 e. The normalized spacial score (nSPS) is 14.0. The van der Waals surface area contributed by atoms with Crippen LogP contribution in [0.2, 0.25) is 0 Å². The van der Waals surface area contributed by atoms with E-state index in [1.54, 1.807) is 6.07 Å². The molecule has 0 atom stereocenters. The summed E-state index contributed by atoms with van der Waals surface area (Å²) in [7, 11) is 1.37. The predicted molar refractivity (Wildman–Crippen MR) is 87.3 cm³/mol. The Bertz CT molecular complexity index is 724. The van der Waals surface area contributed by atoms with Crippen molar-refractivity contribution in [3.05, 3.63) is 59.4 Å². The molecule has 126 valence electrons. The van der Waals surface area contributed by atoms with Gasteiger partial charge in [-0.2, -0.15) is 0 Å². The molecule has 0 radical (unpaired) electrons. The molecule has 6 heteroatoms. The zero-order chi connectivity index (χ0) is 16.9. The summed E-state index contributed by atoms with van der Waals surface area (Å²) >= 11 is 0. The van der Waals surface area contributed by atoms with Crippen molar-refractivity contribution in [1.29, 1.82) is 0 Å². The fourth-order valence-electron chi connectivity index (χ4n) is 2.83. The van der Waals surface area contributed by atoms with Gasteiger partial charge < -0.3 is 14.0 Å². The molecule has 3 rings (SSSR count). The van der Waals surface area contributed by atoms with Gasteiger partial charge in [0.15, 0.2) is 0 Å². The molecule has 1 aliphatic rings. The molecule has 0 N–H and O–H groups in total. The van der Waals surface area contributed by atoms with Crippen LogP contribution in [0.1, 0.15) is 21.6 Å². The molecular formula is C18H20N2O4. The Balaban J connectivity index is 1.56. The Morgan fingerprint density at radius 2 is 1.92 bits per heavy atom. The number of esters is 2. The maximum Gasteiger partial charge on any atom is 0.339 e. The molecule has 0 saturated carbocycles. The number of rotatable bonds is 5. The zero-order valence-corrected chi connectivity index (χ0v) is 13.6. The Morgan fingerprint density at radius 1 is 1.12 bits per heavy atom. The summed E-state index contributed by atoms with van der Waals surface area (Å²) in [6.07, 6.45) is 1.88. The highest BCUT2D eigenvalue weighted by molar-refractivity contribution is 5.90. The summed E-state index contributed by atoms with van der Waals surface area (Å²) in [6.45, 7) is 2.48. The van der Waals surface area contributed by atoms with Gasteiger partial charge in [-0.1, -0.05) is 30.3 Å². The lowest BCUT2D eigenvalue weighted by Crippen LogP contribution is -2.38. The van der Waals surface area contributed by atoms with Gasteiger partial charge in [-0.15, -0.1) is 0 Å². The number of benzene rings is 1. The second-order valence-electron chi connectivity index (χ2n) is 5.72. The first-order valence-electron chi connectivity index (χ1n) is 7.85. The molecule has 1 aromatic carbocycles. The minimum absolute atomic E-state index is 0.207. The number of carbonyl (C=O) groups is 2. The number of nitrogens with zero attached hydrogens (tertiary/aromatic N) is 2. The van der Waals surface area contributed by atoms with Crippen molar-refractivity contribution in [3.8, 4) is 0 Å². The van der Waals surface area contributed by atoms with E-state index in [2.05, 4.69) is 0 Å². The van der Waals surface area contributed by atoms with Crippen molar-refractivity contribution in [2.45, 2.75) is 19.7 Å². The van der Waals surface area contributed by atoms with Crippen molar-refractivity contribution >= 4 is 11.9 Å². The quantitative estimate of drug-likeness (QED) is 0.784. The van der Waals surface area contributed by atoms with E-state index < -0.39 is 0 Å². The molecular weight excluding hydrogens is 308 g/mol. The van der Waals surface area contributed by atoms with Gasteiger partial charge in [-0.3, -0.25) is 9.69 Å². The lowest BCUT2D eigenvalue weighted by atomic mass is 10.2. The van der Waals surface area contributed by atoms with Gasteiger partial charge in [0.2, 0.25) is 0 Å². The Morgan fingerprint density at radius 3 is 2.67 bits per heavy atom. The van der Waals surface area contributed by atoms with Crippen LogP contribution in [0.25, 0.3) is 0 Å². The van der Waals surface area contributed by atoms with E-state index >= 15 is 0 Å². The van der Waals surface area contributed by atoms with Crippen LogP contribution >= 0.6 is 0 Å². The fraction of sp³-hybridized carbons (Fsp3) is 0.333. The van der Waals surface area contributed by atoms with Crippen LogP contribution in [0.15, 0.2) is 42.6 Å². The van der Waals surface area contributed by atoms with Crippen LogP contribution in [-0.4, -0.2) is 41.6 Å². The molecule has 0 aliphatic carbocycles. The third kappa shape index (κ3) is 3.65. The molecule has 0 bridgehead atoms. The molecule has 2 heterocycles. The molecule has 0 unspecified atom stereocenters. The van der Waals surface area contributed by atoms with Crippen molar-refractivity contribution in [2.24, 2.45) is 0 Å². The van der Waals surface area contributed by atoms with Crippen LogP contribution in [0.3, 0.4) is 0 Å². The average molecular weight is 328 g/mol. The lowest BCUT2D eigenvalue weighted by molar-refractivity contribution is -0.146. The standard InChI is InChI=1S/C18H20N2O4/c1-23-18(22)15-7-8-20-10-9-19(11-16(15)20)12-17(21)24-13-14-5-3-2-4-6-14/h2-8H,9-13H2,1H3. The van der Waals surface area contributed by atoms with Gasteiger partial charge >= 0.3 is 11.9 Å². The van der Waals surface area contributed by atoms with Gasteiger partial charge in [0.05, 0.1) is 19.2 Å². The largest absolute Gasteiger partial charge is 0.465 e. The summed E-state index contributed by atoms with van der Waals surface area (Å²) in [5.41, 5.74) is 2.40. The van der Waals surface area contributed by atoms with Crippen molar-refractivity contribution in [1.82, 2.24) is 9.47 Å². The SMILES string of the molecule is COC(=O)c1ccn2c1CN(CC(=O)OCc1ccccc1)CC2. The number of ether oxygens (including phenoxy) is 2. The second kappa shape index (κ2) is 7.31. The molecule has 0 saturated heterocycles. The first kappa shape index (κ1) is 16.3. The Labute approximate surface area is 140 Å². The summed E-state index contributed by atoms with van der Waals surface area (Å²) in [5.74, 6) is -0.615. The molecule has 0 fully saturated rings. The summed E-state index contributed by atoms with van der Waals surface area (Å²) in [4.78, 5) is 25.8. The number of fused-ring (bicyclic) bond motifs is 1. The Kier molecular flexibility index (Phi) is 4.96. The van der Waals surface area contributed by atoms with Gasteiger partial charge in [-0.25, -0.2) is 4.79 Å². The molecule has 1 aromatic heterocycles. The van der Waals surface area contributed by atoms with Crippen molar-refractivity contribution < 1.29 is 19.1 Å². The monoisotopic (exact) mass is 328 g/mol. The van der Waals surface area contributed by atoms with Crippen LogP contribution in [0.4, 0.5) is 0 Å². The van der Waals surface area contributed by atoms with Crippen molar-refractivity contribution in [2.75, 3.05) is 20.2 Å².